The molecule has 1 atom stereocenters. The Kier molecular flexibility index (Phi) is 3.20. The van der Waals surface area contributed by atoms with Crippen LogP contribution in [0.2, 0.25) is 0 Å². The fraction of sp³-hybridized carbons (Fsp3) is 0.176. The van der Waals surface area contributed by atoms with Gasteiger partial charge in [0, 0.05) is 10.9 Å². The van der Waals surface area contributed by atoms with Crippen molar-refractivity contribution in [3.05, 3.63) is 65.4 Å². The smallest absolute Gasteiger partial charge is 0.134 e. The SMILES string of the molecule is COc1cccc(C(N)c2oc3ccccc3c2C)c1. The van der Waals surface area contributed by atoms with E-state index in [9.17, 15) is 0 Å². The van der Waals surface area contributed by atoms with Crippen molar-refractivity contribution in [1.29, 1.82) is 0 Å². The van der Waals surface area contributed by atoms with Crippen LogP contribution in [0.1, 0.15) is 22.9 Å². The quantitative estimate of drug-likeness (QED) is 0.785. The lowest BCUT2D eigenvalue weighted by molar-refractivity contribution is 0.413. The Hall–Kier alpha value is -2.26. The van der Waals surface area contributed by atoms with Gasteiger partial charge in [-0.05, 0) is 30.7 Å². The molecule has 0 saturated heterocycles. The first-order chi connectivity index (χ1) is 9.70. The third-order valence-corrected chi connectivity index (χ3v) is 3.62. The molecule has 0 amide bonds. The number of aryl methyl sites for hydroxylation is 1. The average molecular weight is 267 g/mol. The fourth-order valence-corrected chi connectivity index (χ4v) is 2.48. The molecular weight excluding hydrogens is 250 g/mol. The lowest BCUT2D eigenvalue weighted by atomic mass is 10.0. The summed E-state index contributed by atoms with van der Waals surface area (Å²) in [6.45, 7) is 2.04. The van der Waals surface area contributed by atoms with Gasteiger partial charge in [0.05, 0.1) is 13.2 Å². The summed E-state index contributed by atoms with van der Waals surface area (Å²) in [4.78, 5) is 0. The molecule has 0 spiro atoms. The monoisotopic (exact) mass is 267 g/mol. The highest BCUT2D eigenvalue weighted by molar-refractivity contribution is 5.82. The number of nitrogens with two attached hydrogens (primary N) is 1. The number of benzene rings is 2. The molecule has 0 bridgehead atoms. The van der Waals surface area contributed by atoms with Crippen molar-refractivity contribution in [3.63, 3.8) is 0 Å². The molecular formula is C17H17NO2. The van der Waals surface area contributed by atoms with Crippen LogP contribution in [0.4, 0.5) is 0 Å². The largest absolute Gasteiger partial charge is 0.497 e. The Morgan fingerprint density at radius 3 is 2.65 bits per heavy atom. The molecule has 2 N–H and O–H groups in total. The van der Waals surface area contributed by atoms with Crippen LogP contribution in [-0.2, 0) is 0 Å². The van der Waals surface area contributed by atoms with Crippen LogP contribution in [0, 0.1) is 6.92 Å². The van der Waals surface area contributed by atoms with E-state index in [2.05, 4.69) is 6.07 Å². The van der Waals surface area contributed by atoms with Gasteiger partial charge < -0.3 is 14.9 Å². The number of furan rings is 1. The molecule has 102 valence electrons. The lowest BCUT2D eigenvalue weighted by Gasteiger charge is -2.11. The van der Waals surface area contributed by atoms with Crippen molar-refractivity contribution in [2.24, 2.45) is 5.73 Å². The lowest BCUT2D eigenvalue weighted by Crippen LogP contribution is -2.12. The predicted molar refractivity (Wildman–Crippen MR) is 80.0 cm³/mol. The molecule has 0 radical (unpaired) electrons. The second kappa shape index (κ2) is 5.02. The Morgan fingerprint density at radius 1 is 1.10 bits per heavy atom. The van der Waals surface area contributed by atoms with Crippen LogP contribution >= 0.6 is 0 Å². The molecule has 1 unspecified atom stereocenters. The fourth-order valence-electron chi connectivity index (χ4n) is 2.48. The number of methoxy groups -OCH3 is 1. The Bertz CT molecular complexity index is 746. The molecule has 0 fully saturated rings. The summed E-state index contributed by atoms with van der Waals surface area (Å²) in [5, 5.41) is 1.11. The maximum absolute atomic E-state index is 6.36. The molecule has 2 aromatic carbocycles. The summed E-state index contributed by atoms with van der Waals surface area (Å²) in [5.74, 6) is 1.60. The molecule has 0 aliphatic carbocycles. The molecule has 0 saturated carbocycles. The zero-order chi connectivity index (χ0) is 14.1. The minimum atomic E-state index is -0.294. The molecule has 3 aromatic rings. The summed E-state index contributed by atoms with van der Waals surface area (Å²) >= 11 is 0. The van der Waals surface area contributed by atoms with Gasteiger partial charge in [-0.3, -0.25) is 0 Å². The van der Waals surface area contributed by atoms with Crippen LogP contribution < -0.4 is 10.5 Å². The van der Waals surface area contributed by atoms with E-state index in [0.29, 0.717) is 0 Å². The van der Waals surface area contributed by atoms with Crippen molar-refractivity contribution in [3.8, 4) is 5.75 Å². The van der Waals surface area contributed by atoms with E-state index in [4.69, 9.17) is 14.9 Å². The minimum Gasteiger partial charge on any atom is -0.497 e. The minimum absolute atomic E-state index is 0.294. The maximum Gasteiger partial charge on any atom is 0.134 e. The summed E-state index contributed by atoms with van der Waals surface area (Å²) in [7, 11) is 1.65. The van der Waals surface area contributed by atoms with Crippen LogP contribution in [0.3, 0.4) is 0 Å². The average Bonchev–Trinajstić information content (AvgIpc) is 2.84. The number of fused-ring (bicyclic) bond motifs is 1. The third-order valence-electron chi connectivity index (χ3n) is 3.62. The maximum atomic E-state index is 6.36. The number of rotatable bonds is 3. The van der Waals surface area contributed by atoms with E-state index in [1.807, 2.05) is 49.4 Å². The summed E-state index contributed by atoms with van der Waals surface area (Å²) < 4.78 is 11.2. The van der Waals surface area contributed by atoms with E-state index in [1.54, 1.807) is 7.11 Å². The van der Waals surface area contributed by atoms with E-state index in [0.717, 1.165) is 33.6 Å². The number of ether oxygens (including phenoxy) is 1. The molecule has 3 rings (SSSR count). The van der Waals surface area contributed by atoms with E-state index in [-0.39, 0.29) is 6.04 Å². The van der Waals surface area contributed by atoms with Crippen molar-refractivity contribution >= 4 is 11.0 Å². The van der Waals surface area contributed by atoms with E-state index < -0.39 is 0 Å². The zero-order valence-corrected chi connectivity index (χ0v) is 11.6. The first-order valence-corrected chi connectivity index (χ1v) is 6.58. The zero-order valence-electron chi connectivity index (χ0n) is 11.6. The van der Waals surface area contributed by atoms with Gasteiger partial charge in [-0.25, -0.2) is 0 Å². The highest BCUT2D eigenvalue weighted by Crippen LogP contribution is 2.32. The van der Waals surface area contributed by atoms with Gasteiger partial charge in [0.25, 0.3) is 0 Å². The van der Waals surface area contributed by atoms with Gasteiger partial charge >= 0.3 is 0 Å². The third kappa shape index (κ3) is 2.06. The predicted octanol–water partition coefficient (Wildman–Crippen LogP) is 3.80. The standard InChI is InChI=1S/C17H17NO2/c1-11-14-8-3-4-9-15(14)20-17(11)16(18)12-6-5-7-13(10-12)19-2/h3-10,16H,18H2,1-2H3. The highest BCUT2D eigenvalue weighted by atomic mass is 16.5. The normalized spacial score (nSPS) is 12.6. The van der Waals surface area contributed by atoms with Crippen LogP contribution in [0.15, 0.2) is 52.9 Å². The van der Waals surface area contributed by atoms with Crippen molar-refractivity contribution in [2.45, 2.75) is 13.0 Å². The summed E-state index contributed by atoms with van der Waals surface area (Å²) in [5.41, 5.74) is 9.30. The van der Waals surface area contributed by atoms with Crippen molar-refractivity contribution in [1.82, 2.24) is 0 Å². The van der Waals surface area contributed by atoms with Gasteiger partial charge in [-0.1, -0.05) is 30.3 Å². The van der Waals surface area contributed by atoms with Gasteiger partial charge in [-0.15, -0.1) is 0 Å². The van der Waals surface area contributed by atoms with E-state index in [1.165, 1.54) is 0 Å². The first kappa shape index (κ1) is 12.8. The van der Waals surface area contributed by atoms with Crippen LogP contribution in [0.5, 0.6) is 5.75 Å². The number of hydrogen-bond donors (Lipinski definition) is 1. The van der Waals surface area contributed by atoms with Gasteiger partial charge in [-0.2, -0.15) is 0 Å². The molecule has 1 aromatic heterocycles. The van der Waals surface area contributed by atoms with Gasteiger partial charge in [0.1, 0.15) is 17.1 Å². The molecule has 1 heterocycles. The second-order valence-electron chi connectivity index (χ2n) is 4.84. The first-order valence-electron chi connectivity index (χ1n) is 6.58. The van der Waals surface area contributed by atoms with Crippen molar-refractivity contribution in [2.75, 3.05) is 7.11 Å². The molecule has 3 heteroatoms. The Morgan fingerprint density at radius 2 is 1.90 bits per heavy atom. The topological polar surface area (TPSA) is 48.4 Å². The van der Waals surface area contributed by atoms with Gasteiger partial charge in [0.15, 0.2) is 0 Å². The van der Waals surface area contributed by atoms with Crippen LogP contribution in [0.25, 0.3) is 11.0 Å². The highest BCUT2D eigenvalue weighted by Gasteiger charge is 2.18. The Balaban J connectivity index is 2.07. The molecule has 20 heavy (non-hydrogen) atoms. The van der Waals surface area contributed by atoms with Crippen molar-refractivity contribution < 1.29 is 9.15 Å². The Labute approximate surface area is 118 Å². The van der Waals surface area contributed by atoms with Gasteiger partial charge in [0.2, 0.25) is 0 Å². The second-order valence-corrected chi connectivity index (χ2v) is 4.84. The van der Waals surface area contributed by atoms with E-state index >= 15 is 0 Å². The van der Waals surface area contributed by atoms with Crippen LogP contribution in [-0.4, -0.2) is 7.11 Å². The number of para-hydroxylation sites is 1. The number of hydrogen-bond acceptors (Lipinski definition) is 3. The molecule has 0 aliphatic rings. The molecule has 3 nitrogen and oxygen atoms in total. The summed E-state index contributed by atoms with van der Waals surface area (Å²) in [6, 6.07) is 15.5. The molecule has 0 aliphatic heterocycles. The summed E-state index contributed by atoms with van der Waals surface area (Å²) in [6.07, 6.45) is 0.